The van der Waals surface area contributed by atoms with E-state index in [0.29, 0.717) is 12.4 Å². The second kappa shape index (κ2) is 5.64. The molecule has 18 heavy (non-hydrogen) atoms. The van der Waals surface area contributed by atoms with Crippen molar-refractivity contribution >= 4 is 50.4 Å². The monoisotopic (exact) mass is 347 g/mol. The van der Waals surface area contributed by atoms with Crippen LogP contribution in [0, 0.1) is 10.1 Å². The van der Waals surface area contributed by atoms with Crippen molar-refractivity contribution in [3.8, 4) is 0 Å². The van der Waals surface area contributed by atoms with E-state index in [1.807, 2.05) is 11.4 Å². The largest absolute Gasteiger partial charge is 0.364 e. The van der Waals surface area contributed by atoms with Crippen LogP contribution >= 0.6 is 38.9 Å². The molecule has 0 atom stereocenters. The lowest BCUT2D eigenvalue weighted by atomic mass is 10.4. The highest BCUT2D eigenvalue weighted by Gasteiger charge is 2.11. The fourth-order valence-electron chi connectivity index (χ4n) is 1.27. The standard InChI is InChI=1S/C10H7BrClN3O2S/c11-7-1-2-18-9(7)5-14-10-8(12)3-6(4-13-10)15(16)17/h1-4H,5H2,(H,13,14). The lowest BCUT2D eigenvalue weighted by Crippen LogP contribution is -2.01. The Bertz CT molecular complexity index is 590. The molecule has 0 spiro atoms. The Morgan fingerprint density at radius 2 is 2.39 bits per heavy atom. The van der Waals surface area contributed by atoms with Gasteiger partial charge >= 0.3 is 0 Å². The number of thiophene rings is 1. The highest BCUT2D eigenvalue weighted by molar-refractivity contribution is 9.10. The molecule has 0 fully saturated rings. The fourth-order valence-corrected chi connectivity index (χ4v) is 2.93. The van der Waals surface area contributed by atoms with E-state index in [1.165, 1.54) is 12.3 Å². The molecule has 94 valence electrons. The molecule has 2 aromatic rings. The fraction of sp³-hybridized carbons (Fsp3) is 0.100. The molecule has 0 unspecified atom stereocenters. The zero-order valence-electron chi connectivity index (χ0n) is 8.89. The highest BCUT2D eigenvalue weighted by Crippen LogP contribution is 2.27. The molecule has 0 bridgehead atoms. The van der Waals surface area contributed by atoms with Crippen molar-refractivity contribution in [2.75, 3.05) is 5.32 Å². The van der Waals surface area contributed by atoms with Crippen molar-refractivity contribution in [1.29, 1.82) is 0 Å². The Morgan fingerprint density at radius 3 is 2.94 bits per heavy atom. The molecule has 2 aromatic heterocycles. The molecule has 1 N–H and O–H groups in total. The van der Waals surface area contributed by atoms with E-state index in [4.69, 9.17) is 11.6 Å². The third-order valence-electron chi connectivity index (χ3n) is 2.15. The van der Waals surface area contributed by atoms with Gasteiger partial charge in [-0.3, -0.25) is 10.1 Å². The van der Waals surface area contributed by atoms with E-state index < -0.39 is 4.92 Å². The van der Waals surface area contributed by atoms with Gasteiger partial charge in [0.15, 0.2) is 0 Å². The first-order valence-corrected chi connectivity index (χ1v) is 6.88. The van der Waals surface area contributed by atoms with Crippen LogP contribution in [0.4, 0.5) is 11.5 Å². The number of pyridine rings is 1. The maximum Gasteiger partial charge on any atom is 0.289 e. The lowest BCUT2D eigenvalue weighted by Gasteiger charge is -2.06. The molecule has 5 nitrogen and oxygen atoms in total. The van der Waals surface area contributed by atoms with Gasteiger partial charge in [0, 0.05) is 15.4 Å². The van der Waals surface area contributed by atoms with Gasteiger partial charge in [-0.05, 0) is 27.4 Å². The van der Waals surface area contributed by atoms with E-state index in [1.54, 1.807) is 11.3 Å². The van der Waals surface area contributed by atoms with Gasteiger partial charge in [0.05, 0.1) is 16.5 Å². The van der Waals surface area contributed by atoms with Gasteiger partial charge in [0.1, 0.15) is 12.0 Å². The van der Waals surface area contributed by atoms with Crippen LogP contribution in [-0.4, -0.2) is 9.91 Å². The van der Waals surface area contributed by atoms with E-state index in [0.717, 1.165) is 9.35 Å². The Labute approximate surface area is 120 Å². The topological polar surface area (TPSA) is 68.1 Å². The molecule has 0 aliphatic rings. The molecular weight excluding hydrogens is 342 g/mol. The van der Waals surface area contributed by atoms with Crippen LogP contribution < -0.4 is 5.32 Å². The Hall–Kier alpha value is -1.18. The van der Waals surface area contributed by atoms with Crippen LogP contribution in [0.25, 0.3) is 0 Å². The summed E-state index contributed by atoms with van der Waals surface area (Å²) in [6.07, 6.45) is 1.18. The summed E-state index contributed by atoms with van der Waals surface area (Å²) >= 11 is 10.9. The zero-order valence-corrected chi connectivity index (χ0v) is 12.1. The van der Waals surface area contributed by atoms with Crippen molar-refractivity contribution in [1.82, 2.24) is 4.98 Å². The van der Waals surface area contributed by atoms with Gasteiger partial charge in [0.25, 0.3) is 5.69 Å². The number of nitro groups is 1. The van der Waals surface area contributed by atoms with Crippen LogP contribution in [0.5, 0.6) is 0 Å². The van der Waals surface area contributed by atoms with Gasteiger partial charge in [0.2, 0.25) is 0 Å². The van der Waals surface area contributed by atoms with Gasteiger partial charge in [-0.1, -0.05) is 11.6 Å². The number of nitrogens with zero attached hydrogens (tertiary/aromatic N) is 2. The van der Waals surface area contributed by atoms with Crippen molar-refractivity contribution < 1.29 is 4.92 Å². The average Bonchev–Trinajstić information content (AvgIpc) is 2.73. The minimum Gasteiger partial charge on any atom is -0.364 e. The van der Waals surface area contributed by atoms with Crippen molar-refractivity contribution in [2.24, 2.45) is 0 Å². The highest BCUT2D eigenvalue weighted by atomic mass is 79.9. The first kappa shape index (κ1) is 13.3. The zero-order chi connectivity index (χ0) is 13.1. The van der Waals surface area contributed by atoms with Crippen LogP contribution in [-0.2, 0) is 6.54 Å². The molecule has 2 rings (SSSR count). The smallest absolute Gasteiger partial charge is 0.289 e. The lowest BCUT2D eigenvalue weighted by molar-refractivity contribution is -0.385. The predicted molar refractivity (Wildman–Crippen MR) is 75.2 cm³/mol. The molecule has 0 saturated carbocycles. The molecule has 8 heteroatoms. The molecule has 0 aliphatic heterocycles. The van der Waals surface area contributed by atoms with Crippen LogP contribution in [0.1, 0.15) is 4.88 Å². The molecular formula is C10H7BrClN3O2S. The normalized spacial score (nSPS) is 10.3. The summed E-state index contributed by atoms with van der Waals surface area (Å²) in [4.78, 5) is 15.0. The quantitative estimate of drug-likeness (QED) is 0.668. The maximum absolute atomic E-state index is 10.5. The SMILES string of the molecule is O=[N+]([O-])c1cnc(NCc2sccc2Br)c(Cl)c1. The molecule has 0 saturated heterocycles. The number of halogens is 2. The second-order valence-corrected chi connectivity index (χ2v) is 5.59. The number of hydrogen-bond donors (Lipinski definition) is 1. The number of rotatable bonds is 4. The maximum atomic E-state index is 10.5. The van der Waals surface area contributed by atoms with Crippen LogP contribution in [0.3, 0.4) is 0 Å². The van der Waals surface area contributed by atoms with Gasteiger partial charge in [-0.2, -0.15) is 0 Å². The van der Waals surface area contributed by atoms with E-state index >= 15 is 0 Å². The second-order valence-electron chi connectivity index (χ2n) is 3.33. The minimum atomic E-state index is -0.529. The summed E-state index contributed by atoms with van der Waals surface area (Å²) in [5.74, 6) is 0.433. The van der Waals surface area contributed by atoms with Gasteiger partial charge < -0.3 is 5.32 Å². The molecule has 0 radical (unpaired) electrons. The van der Waals surface area contributed by atoms with Crippen molar-refractivity contribution in [3.63, 3.8) is 0 Å². The Balaban J connectivity index is 2.11. The summed E-state index contributed by atoms with van der Waals surface area (Å²) in [5.41, 5.74) is -0.122. The average molecular weight is 349 g/mol. The number of anilines is 1. The first-order chi connectivity index (χ1) is 8.58. The Kier molecular flexibility index (Phi) is 4.15. The van der Waals surface area contributed by atoms with Crippen LogP contribution in [0.15, 0.2) is 28.2 Å². The Morgan fingerprint density at radius 1 is 1.61 bits per heavy atom. The minimum absolute atomic E-state index is 0.122. The summed E-state index contributed by atoms with van der Waals surface area (Å²) in [6.45, 7) is 0.558. The third kappa shape index (κ3) is 2.98. The molecule has 2 heterocycles. The number of hydrogen-bond acceptors (Lipinski definition) is 5. The predicted octanol–water partition coefficient (Wildman–Crippen LogP) is 4.08. The van der Waals surface area contributed by atoms with Crippen LogP contribution in [0.2, 0.25) is 5.02 Å². The molecule has 0 aromatic carbocycles. The van der Waals surface area contributed by atoms with Crippen molar-refractivity contribution in [2.45, 2.75) is 6.54 Å². The first-order valence-electron chi connectivity index (χ1n) is 4.83. The third-order valence-corrected chi connectivity index (χ3v) is 4.36. The summed E-state index contributed by atoms with van der Waals surface area (Å²) in [7, 11) is 0. The van der Waals surface area contributed by atoms with E-state index in [-0.39, 0.29) is 10.7 Å². The summed E-state index contributed by atoms with van der Waals surface area (Å²) in [5, 5.41) is 15.8. The number of nitrogens with one attached hydrogen (secondary N) is 1. The van der Waals surface area contributed by atoms with Crippen molar-refractivity contribution in [3.05, 3.63) is 48.2 Å². The van der Waals surface area contributed by atoms with E-state index in [2.05, 4.69) is 26.2 Å². The van der Waals surface area contributed by atoms with Gasteiger partial charge in [-0.15, -0.1) is 11.3 Å². The van der Waals surface area contributed by atoms with Gasteiger partial charge in [-0.25, -0.2) is 4.98 Å². The number of aromatic nitrogens is 1. The summed E-state index contributed by atoms with van der Waals surface area (Å²) in [6, 6.07) is 3.23. The molecule has 0 amide bonds. The molecule has 0 aliphatic carbocycles. The van der Waals surface area contributed by atoms with E-state index in [9.17, 15) is 10.1 Å². The summed E-state index contributed by atoms with van der Waals surface area (Å²) < 4.78 is 1.01.